The van der Waals surface area contributed by atoms with E-state index in [-0.39, 0.29) is 0 Å². The van der Waals surface area contributed by atoms with Crippen molar-refractivity contribution in [1.29, 1.82) is 0 Å². The molecule has 0 fully saturated rings. The monoisotopic (exact) mass is 296 g/mol. The number of thiazole rings is 1. The topological polar surface area (TPSA) is 45.2 Å². The molecule has 0 radical (unpaired) electrons. The van der Waals surface area contributed by atoms with Crippen molar-refractivity contribution in [3.63, 3.8) is 0 Å². The highest BCUT2D eigenvalue weighted by Crippen LogP contribution is 2.24. The Kier molecular flexibility index (Phi) is 3.88. The van der Waals surface area contributed by atoms with Gasteiger partial charge in [0, 0.05) is 23.2 Å². The summed E-state index contributed by atoms with van der Waals surface area (Å²) in [6, 6.07) is 15.5. The maximum Gasteiger partial charge on any atom is 0.115 e. The third kappa shape index (κ3) is 3.41. The van der Waals surface area contributed by atoms with E-state index in [0.717, 1.165) is 27.5 Å². The first-order valence-electron chi connectivity index (χ1n) is 6.75. The number of aryl methyl sites for hydroxylation is 1. The fourth-order valence-corrected chi connectivity index (χ4v) is 2.78. The van der Waals surface area contributed by atoms with Gasteiger partial charge >= 0.3 is 0 Å². The van der Waals surface area contributed by atoms with Crippen LogP contribution in [-0.4, -0.2) is 10.1 Å². The van der Waals surface area contributed by atoms with E-state index in [2.05, 4.69) is 27.8 Å². The Morgan fingerprint density at radius 3 is 2.76 bits per heavy atom. The van der Waals surface area contributed by atoms with Crippen molar-refractivity contribution >= 4 is 17.0 Å². The van der Waals surface area contributed by atoms with Crippen LogP contribution in [0, 0.1) is 6.92 Å². The Balaban J connectivity index is 1.74. The molecule has 1 heterocycles. The minimum absolute atomic E-state index is 0.293. The molecular weight excluding hydrogens is 280 g/mol. The summed E-state index contributed by atoms with van der Waals surface area (Å²) >= 11 is 1.66. The molecule has 0 unspecified atom stereocenters. The predicted molar refractivity (Wildman–Crippen MR) is 87.7 cm³/mol. The Labute approximate surface area is 127 Å². The molecule has 0 aliphatic carbocycles. The van der Waals surface area contributed by atoms with Gasteiger partial charge in [0.05, 0.1) is 10.7 Å². The van der Waals surface area contributed by atoms with Crippen LogP contribution in [0.25, 0.3) is 11.3 Å². The number of nitrogens with one attached hydrogen (secondary N) is 1. The summed E-state index contributed by atoms with van der Waals surface area (Å²) in [6.45, 7) is 2.69. The number of anilines is 1. The Bertz CT molecular complexity index is 752. The molecule has 0 atom stereocenters. The van der Waals surface area contributed by atoms with Gasteiger partial charge in [-0.15, -0.1) is 11.3 Å². The minimum Gasteiger partial charge on any atom is -0.508 e. The van der Waals surface area contributed by atoms with E-state index in [9.17, 15) is 5.11 Å². The van der Waals surface area contributed by atoms with Gasteiger partial charge in [0.15, 0.2) is 0 Å². The van der Waals surface area contributed by atoms with E-state index in [4.69, 9.17) is 0 Å². The molecule has 0 aliphatic rings. The van der Waals surface area contributed by atoms with E-state index in [1.807, 2.05) is 31.2 Å². The first kappa shape index (κ1) is 13.6. The fraction of sp³-hybridized carbons (Fsp3) is 0.118. The molecule has 3 nitrogen and oxygen atoms in total. The molecule has 3 aromatic rings. The predicted octanol–water partition coefficient (Wildman–Crippen LogP) is 4.44. The van der Waals surface area contributed by atoms with Crippen molar-refractivity contribution in [1.82, 2.24) is 4.98 Å². The zero-order valence-electron chi connectivity index (χ0n) is 11.7. The SMILES string of the molecule is Cc1nc(-c2cccc(NCc3cccc(O)c3)c2)cs1. The normalized spacial score (nSPS) is 10.5. The maximum atomic E-state index is 9.47. The summed E-state index contributed by atoms with van der Waals surface area (Å²) in [5.74, 6) is 0.293. The smallest absolute Gasteiger partial charge is 0.115 e. The summed E-state index contributed by atoms with van der Waals surface area (Å²) in [4.78, 5) is 4.51. The largest absolute Gasteiger partial charge is 0.508 e. The van der Waals surface area contributed by atoms with Crippen LogP contribution in [0.4, 0.5) is 5.69 Å². The van der Waals surface area contributed by atoms with Crippen molar-refractivity contribution in [2.75, 3.05) is 5.32 Å². The highest BCUT2D eigenvalue weighted by atomic mass is 32.1. The lowest BCUT2D eigenvalue weighted by atomic mass is 10.1. The van der Waals surface area contributed by atoms with Crippen molar-refractivity contribution in [2.45, 2.75) is 13.5 Å². The second kappa shape index (κ2) is 5.97. The molecule has 0 saturated heterocycles. The van der Waals surface area contributed by atoms with Crippen LogP contribution in [0.15, 0.2) is 53.9 Å². The van der Waals surface area contributed by atoms with E-state index < -0.39 is 0 Å². The molecule has 0 saturated carbocycles. The number of rotatable bonds is 4. The molecule has 4 heteroatoms. The second-order valence-electron chi connectivity index (χ2n) is 4.86. The van der Waals surface area contributed by atoms with Gasteiger partial charge in [-0.1, -0.05) is 24.3 Å². The Morgan fingerprint density at radius 1 is 1.14 bits per heavy atom. The van der Waals surface area contributed by atoms with Crippen LogP contribution in [0.5, 0.6) is 5.75 Å². The molecule has 2 N–H and O–H groups in total. The number of phenols is 1. The van der Waals surface area contributed by atoms with Crippen LogP contribution >= 0.6 is 11.3 Å². The standard InChI is InChI=1S/C17H16N2OS/c1-12-19-17(11-21-12)14-5-3-6-15(9-14)18-10-13-4-2-7-16(20)8-13/h2-9,11,18,20H,10H2,1H3. The van der Waals surface area contributed by atoms with E-state index >= 15 is 0 Å². The number of hydrogen-bond acceptors (Lipinski definition) is 4. The first-order chi connectivity index (χ1) is 10.2. The van der Waals surface area contributed by atoms with Gasteiger partial charge in [0.1, 0.15) is 5.75 Å². The Morgan fingerprint density at radius 2 is 2.00 bits per heavy atom. The Hall–Kier alpha value is -2.33. The van der Waals surface area contributed by atoms with Crippen molar-refractivity contribution in [2.24, 2.45) is 0 Å². The molecule has 0 amide bonds. The number of phenolic OH excluding ortho intramolecular Hbond substituents is 1. The van der Waals surface area contributed by atoms with Gasteiger partial charge in [-0.3, -0.25) is 0 Å². The molecule has 0 spiro atoms. The number of aromatic hydroxyl groups is 1. The third-order valence-electron chi connectivity index (χ3n) is 3.18. The van der Waals surface area contributed by atoms with Gasteiger partial charge in [-0.2, -0.15) is 0 Å². The molecule has 21 heavy (non-hydrogen) atoms. The first-order valence-corrected chi connectivity index (χ1v) is 7.63. The highest BCUT2D eigenvalue weighted by Gasteiger charge is 2.03. The molecular formula is C17H16N2OS. The molecule has 2 aromatic carbocycles. The van der Waals surface area contributed by atoms with Crippen molar-refractivity contribution in [3.05, 3.63) is 64.5 Å². The molecule has 106 valence electrons. The van der Waals surface area contributed by atoms with Gasteiger partial charge in [-0.05, 0) is 36.8 Å². The zero-order chi connectivity index (χ0) is 14.7. The fourth-order valence-electron chi connectivity index (χ4n) is 2.16. The van der Waals surface area contributed by atoms with Crippen LogP contribution < -0.4 is 5.32 Å². The lowest BCUT2D eigenvalue weighted by molar-refractivity contribution is 0.474. The van der Waals surface area contributed by atoms with Crippen LogP contribution in [-0.2, 0) is 6.54 Å². The summed E-state index contributed by atoms with van der Waals surface area (Å²) in [7, 11) is 0. The van der Waals surface area contributed by atoms with Gasteiger partial charge in [0.2, 0.25) is 0 Å². The third-order valence-corrected chi connectivity index (χ3v) is 3.96. The molecule has 0 aliphatic heterocycles. The molecule has 0 bridgehead atoms. The minimum atomic E-state index is 0.293. The molecule has 1 aromatic heterocycles. The van der Waals surface area contributed by atoms with Crippen LogP contribution in [0.3, 0.4) is 0 Å². The second-order valence-corrected chi connectivity index (χ2v) is 5.92. The molecule has 3 rings (SSSR count). The van der Waals surface area contributed by atoms with E-state index in [1.54, 1.807) is 23.5 Å². The van der Waals surface area contributed by atoms with Crippen LogP contribution in [0.1, 0.15) is 10.6 Å². The van der Waals surface area contributed by atoms with Crippen molar-refractivity contribution < 1.29 is 5.11 Å². The average molecular weight is 296 g/mol. The number of hydrogen-bond donors (Lipinski definition) is 2. The lowest BCUT2D eigenvalue weighted by Crippen LogP contribution is -1.99. The van der Waals surface area contributed by atoms with Gasteiger partial charge in [0.25, 0.3) is 0 Å². The van der Waals surface area contributed by atoms with Crippen molar-refractivity contribution in [3.8, 4) is 17.0 Å². The van der Waals surface area contributed by atoms with E-state index in [1.165, 1.54) is 0 Å². The highest BCUT2D eigenvalue weighted by molar-refractivity contribution is 7.09. The average Bonchev–Trinajstić information content (AvgIpc) is 2.92. The summed E-state index contributed by atoms with van der Waals surface area (Å²) in [6.07, 6.45) is 0. The van der Waals surface area contributed by atoms with Gasteiger partial charge in [-0.25, -0.2) is 4.98 Å². The lowest BCUT2D eigenvalue weighted by Gasteiger charge is -2.08. The summed E-state index contributed by atoms with van der Waals surface area (Å²) < 4.78 is 0. The van der Waals surface area contributed by atoms with Crippen LogP contribution in [0.2, 0.25) is 0 Å². The quantitative estimate of drug-likeness (QED) is 0.748. The maximum absolute atomic E-state index is 9.47. The summed E-state index contributed by atoms with van der Waals surface area (Å²) in [5.41, 5.74) is 4.21. The number of benzene rings is 2. The van der Waals surface area contributed by atoms with E-state index in [0.29, 0.717) is 12.3 Å². The van der Waals surface area contributed by atoms with Gasteiger partial charge < -0.3 is 10.4 Å². The zero-order valence-corrected chi connectivity index (χ0v) is 12.5. The summed E-state index contributed by atoms with van der Waals surface area (Å²) in [5, 5.41) is 16.0. The number of aromatic nitrogens is 1. The number of nitrogens with zero attached hydrogens (tertiary/aromatic N) is 1.